The van der Waals surface area contributed by atoms with Gasteiger partial charge in [-0.15, -0.1) is 10.2 Å². The van der Waals surface area contributed by atoms with Gasteiger partial charge in [-0.2, -0.15) is 0 Å². The Morgan fingerprint density at radius 1 is 1.06 bits per heavy atom. The first-order chi connectivity index (χ1) is 15.8. The highest BCUT2D eigenvalue weighted by Crippen LogP contribution is 2.41. The Balaban J connectivity index is 2.08. The monoisotopic (exact) mass is 519 g/mol. The second-order valence-electron chi connectivity index (χ2n) is 9.09. The lowest BCUT2D eigenvalue weighted by molar-refractivity contribution is -0.155. The molecule has 0 unspecified atom stereocenters. The van der Waals surface area contributed by atoms with Crippen molar-refractivity contribution in [1.82, 2.24) is 14.8 Å². The molecule has 2 heterocycles. The summed E-state index contributed by atoms with van der Waals surface area (Å²) in [5.41, 5.74) is 1.63. The molecule has 0 amide bonds. The predicted octanol–water partition coefficient (Wildman–Crippen LogP) is 5.61. The maximum atomic E-state index is 12.7. The fourth-order valence-corrected chi connectivity index (χ4v) is 5.26. The number of fused-ring (bicyclic) bond motifs is 2. The van der Waals surface area contributed by atoms with E-state index >= 15 is 0 Å². The summed E-state index contributed by atoms with van der Waals surface area (Å²) in [7, 11) is -3.56. The molecule has 7 nitrogen and oxygen atoms in total. The molecule has 178 valence electrons. The Kier molecular flexibility index (Phi) is 6.12. The second-order valence-corrected chi connectivity index (χ2v) is 11.9. The average molecular weight is 520 g/mol. The zero-order valence-electron chi connectivity index (χ0n) is 19.3. The number of hydrogen-bond acceptors (Lipinski definition) is 6. The number of hydrogen-bond donors (Lipinski definition) is 0. The molecule has 4 rings (SSSR count). The predicted molar refractivity (Wildman–Crippen MR) is 134 cm³/mol. The minimum Gasteiger partial charge on any atom is -0.459 e. The molecule has 2 aromatic carbocycles. The van der Waals surface area contributed by atoms with Crippen LogP contribution in [0.25, 0.3) is 32.9 Å². The topological polar surface area (TPSA) is 91.1 Å². The van der Waals surface area contributed by atoms with Crippen LogP contribution in [0.5, 0.6) is 0 Å². The molecule has 4 aromatic rings. The number of esters is 1. The smallest absolute Gasteiger partial charge is 0.326 e. The zero-order chi connectivity index (χ0) is 25.0. The molecule has 0 atom stereocenters. The third-order valence-electron chi connectivity index (χ3n) is 5.36. The Hall–Kier alpha value is -2.68. The van der Waals surface area contributed by atoms with Crippen LogP contribution in [-0.4, -0.2) is 41.0 Å². The van der Waals surface area contributed by atoms with Gasteiger partial charge in [-0.3, -0.25) is 4.79 Å². The summed E-state index contributed by atoms with van der Waals surface area (Å²) in [6.07, 6.45) is 1.12. The lowest BCUT2D eigenvalue weighted by atomic mass is 10.0. The van der Waals surface area contributed by atoms with Crippen LogP contribution in [0.15, 0.2) is 41.3 Å². The Morgan fingerprint density at radius 3 is 2.32 bits per heavy atom. The Bertz CT molecular complexity index is 1570. The number of benzene rings is 2. The van der Waals surface area contributed by atoms with Gasteiger partial charge < -0.3 is 9.30 Å². The number of ether oxygens (including phenoxy) is 1. The summed E-state index contributed by atoms with van der Waals surface area (Å²) in [6.45, 7) is 7.07. The number of carbonyl (C=O) groups is 1. The van der Waals surface area contributed by atoms with E-state index in [4.69, 9.17) is 27.9 Å². The van der Waals surface area contributed by atoms with Gasteiger partial charge in [0.05, 0.1) is 15.4 Å². The summed E-state index contributed by atoms with van der Waals surface area (Å²) < 4.78 is 32.0. The van der Waals surface area contributed by atoms with Gasteiger partial charge in [0.25, 0.3) is 0 Å². The molecule has 0 saturated carbocycles. The van der Waals surface area contributed by atoms with Gasteiger partial charge in [-0.25, -0.2) is 8.42 Å². The summed E-state index contributed by atoms with van der Waals surface area (Å²) in [4.78, 5) is 12.8. The first kappa shape index (κ1) is 24.4. The maximum absolute atomic E-state index is 12.7. The van der Waals surface area contributed by atoms with Gasteiger partial charge in [0, 0.05) is 33.7 Å². The average Bonchev–Trinajstić information content (AvgIpc) is 2.98. The van der Waals surface area contributed by atoms with Crippen molar-refractivity contribution in [3.8, 4) is 11.3 Å². The maximum Gasteiger partial charge on any atom is 0.326 e. The van der Waals surface area contributed by atoms with Gasteiger partial charge in [-0.05, 0) is 39.8 Å². The fourth-order valence-electron chi connectivity index (χ4n) is 4.01. The quantitative estimate of drug-likeness (QED) is 0.325. The van der Waals surface area contributed by atoms with E-state index in [-0.39, 0.29) is 21.6 Å². The van der Waals surface area contributed by atoms with E-state index in [0.717, 1.165) is 11.6 Å². The van der Waals surface area contributed by atoms with Crippen molar-refractivity contribution in [3.05, 3.63) is 52.3 Å². The van der Waals surface area contributed by atoms with Crippen molar-refractivity contribution in [2.75, 3.05) is 6.26 Å². The van der Waals surface area contributed by atoms with E-state index in [1.54, 1.807) is 31.4 Å². The van der Waals surface area contributed by atoms with E-state index in [9.17, 15) is 13.2 Å². The summed E-state index contributed by atoms with van der Waals surface area (Å²) in [5, 5.41) is 10.9. The van der Waals surface area contributed by atoms with Crippen LogP contribution in [0.3, 0.4) is 0 Å². The SMILES string of the molecule is Cc1c(-c2nnc(Cl)c3ccccc23)c2cc(S(C)(=O)=O)cc(Cl)c2n1CC(=O)OC(C)(C)C. The van der Waals surface area contributed by atoms with Crippen LogP contribution in [0.2, 0.25) is 10.2 Å². The zero-order valence-corrected chi connectivity index (χ0v) is 21.6. The number of nitrogens with zero attached hydrogens (tertiary/aromatic N) is 3. The molecular formula is C24H23Cl2N3O4S. The summed E-state index contributed by atoms with van der Waals surface area (Å²) in [6, 6.07) is 10.3. The molecular weight excluding hydrogens is 497 g/mol. The molecule has 2 aromatic heterocycles. The van der Waals surface area contributed by atoms with Crippen molar-refractivity contribution in [3.63, 3.8) is 0 Å². The van der Waals surface area contributed by atoms with Crippen LogP contribution < -0.4 is 0 Å². The van der Waals surface area contributed by atoms with Crippen molar-refractivity contribution in [2.45, 2.75) is 44.7 Å². The van der Waals surface area contributed by atoms with Gasteiger partial charge >= 0.3 is 5.97 Å². The molecule has 0 bridgehead atoms. The number of halogens is 2. The van der Waals surface area contributed by atoms with Gasteiger partial charge in [0.15, 0.2) is 15.0 Å². The first-order valence-corrected chi connectivity index (χ1v) is 13.1. The molecule has 0 spiro atoms. The lowest BCUT2D eigenvalue weighted by Gasteiger charge is -2.20. The van der Waals surface area contributed by atoms with E-state index in [2.05, 4.69) is 10.2 Å². The standard InChI is InChI=1S/C24H23Cl2N3O4S/c1-13-20(21-15-8-6-7-9-16(15)23(26)28-27-21)17-10-14(34(5,31)32)11-18(25)22(17)29(13)12-19(30)33-24(2,3)4/h6-11H,12H2,1-5H3. The molecule has 10 heteroatoms. The summed E-state index contributed by atoms with van der Waals surface area (Å²) >= 11 is 12.9. The van der Waals surface area contributed by atoms with Crippen LogP contribution in [0.1, 0.15) is 26.5 Å². The normalized spacial score (nSPS) is 12.4. The van der Waals surface area contributed by atoms with Gasteiger partial charge in [0.1, 0.15) is 17.8 Å². The molecule has 0 fully saturated rings. The molecule has 34 heavy (non-hydrogen) atoms. The Morgan fingerprint density at radius 2 is 1.71 bits per heavy atom. The minimum atomic E-state index is -3.56. The highest BCUT2D eigenvalue weighted by molar-refractivity contribution is 7.90. The highest BCUT2D eigenvalue weighted by Gasteiger charge is 2.26. The second kappa shape index (κ2) is 8.52. The number of aromatic nitrogens is 3. The van der Waals surface area contributed by atoms with Crippen LogP contribution in [-0.2, 0) is 25.9 Å². The lowest BCUT2D eigenvalue weighted by Crippen LogP contribution is -2.26. The van der Waals surface area contributed by atoms with Crippen molar-refractivity contribution >= 4 is 60.7 Å². The minimum absolute atomic E-state index is 0.0619. The molecule has 0 aliphatic rings. The number of rotatable bonds is 4. The van der Waals surface area contributed by atoms with Crippen molar-refractivity contribution in [1.29, 1.82) is 0 Å². The molecule has 0 N–H and O–H groups in total. The number of sulfone groups is 1. The van der Waals surface area contributed by atoms with Gasteiger partial charge in [-0.1, -0.05) is 47.5 Å². The number of carbonyl (C=O) groups excluding carboxylic acids is 1. The molecule has 0 aliphatic heterocycles. The molecule has 0 aliphatic carbocycles. The van der Waals surface area contributed by atoms with E-state index in [1.165, 1.54) is 6.07 Å². The van der Waals surface area contributed by atoms with Crippen LogP contribution in [0.4, 0.5) is 0 Å². The third-order valence-corrected chi connectivity index (χ3v) is 7.02. The van der Waals surface area contributed by atoms with Crippen molar-refractivity contribution < 1.29 is 17.9 Å². The highest BCUT2D eigenvalue weighted by atomic mass is 35.5. The first-order valence-electron chi connectivity index (χ1n) is 10.4. The molecule has 0 radical (unpaired) electrons. The van der Waals surface area contributed by atoms with E-state index in [1.807, 2.05) is 31.2 Å². The van der Waals surface area contributed by atoms with Gasteiger partial charge in [0.2, 0.25) is 0 Å². The molecule has 0 saturated heterocycles. The third kappa shape index (κ3) is 4.50. The summed E-state index contributed by atoms with van der Waals surface area (Å²) in [5.74, 6) is -0.450. The fraction of sp³-hybridized carbons (Fsp3) is 0.292. The largest absolute Gasteiger partial charge is 0.459 e. The van der Waals surface area contributed by atoms with Crippen molar-refractivity contribution in [2.24, 2.45) is 0 Å². The van der Waals surface area contributed by atoms with Crippen LogP contribution >= 0.6 is 23.2 Å². The Labute approximate surface area is 207 Å². The van der Waals surface area contributed by atoms with E-state index in [0.29, 0.717) is 33.2 Å². The van der Waals surface area contributed by atoms with Crippen LogP contribution in [0, 0.1) is 6.92 Å². The van der Waals surface area contributed by atoms with E-state index < -0.39 is 21.4 Å².